The zero-order valence-corrected chi connectivity index (χ0v) is 14.7. The average molecular weight is 332 g/mol. The van der Waals surface area contributed by atoms with Gasteiger partial charge in [0.15, 0.2) is 0 Å². The summed E-state index contributed by atoms with van der Waals surface area (Å²) >= 11 is 0. The van der Waals surface area contributed by atoms with Crippen LogP contribution in [0.15, 0.2) is 61.1 Å². The van der Waals surface area contributed by atoms with Crippen molar-refractivity contribution in [1.29, 1.82) is 0 Å². The molecule has 0 bridgehead atoms. The molecule has 1 aromatic carbocycles. The molecular weight excluding hydrogens is 308 g/mol. The smallest absolute Gasteiger partial charge is 0.0941 e. The van der Waals surface area contributed by atoms with Gasteiger partial charge in [-0.25, -0.2) is 0 Å². The van der Waals surface area contributed by atoms with Crippen molar-refractivity contribution in [3.05, 3.63) is 72.2 Å². The van der Waals surface area contributed by atoms with E-state index in [1.807, 2.05) is 30.7 Å². The lowest BCUT2D eigenvalue weighted by Gasteiger charge is -2.23. The second-order valence-corrected chi connectivity index (χ2v) is 6.74. The number of nitrogens with zero attached hydrogens (tertiary/aromatic N) is 4. The van der Waals surface area contributed by atoms with E-state index in [4.69, 9.17) is 0 Å². The number of hydrogen-bond acceptors (Lipinski definition) is 3. The molecular formula is C21H24N4. The molecule has 0 saturated heterocycles. The molecule has 1 saturated carbocycles. The van der Waals surface area contributed by atoms with Crippen LogP contribution in [0.1, 0.15) is 30.9 Å². The summed E-state index contributed by atoms with van der Waals surface area (Å²) in [7, 11) is 0. The summed E-state index contributed by atoms with van der Waals surface area (Å²) < 4.78 is 2.11. The van der Waals surface area contributed by atoms with E-state index in [1.54, 1.807) is 0 Å². The summed E-state index contributed by atoms with van der Waals surface area (Å²) in [5.74, 6) is 0. The molecule has 2 aromatic heterocycles. The standard InChI is InChI=1S/C21H24N4/c1-2-17-3-5-18(6-4-17)15-24(20-7-8-20)16-25-21(11-14-23-25)19-9-12-22-13-10-19/h3-6,9-14,20H,2,7-8,15-16H2,1H3. The van der Waals surface area contributed by atoms with Gasteiger partial charge in [0.25, 0.3) is 0 Å². The number of pyridine rings is 1. The van der Waals surface area contributed by atoms with Crippen LogP contribution >= 0.6 is 0 Å². The first-order chi connectivity index (χ1) is 12.3. The minimum Gasteiger partial charge on any atom is -0.277 e. The van der Waals surface area contributed by atoms with Gasteiger partial charge < -0.3 is 0 Å². The predicted molar refractivity (Wildman–Crippen MR) is 99.8 cm³/mol. The topological polar surface area (TPSA) is 34.0 Å². The lowest BCUT2D eigenvalue weighted by atomic mass is 10.1. The molecule has 0 atom stereocenters. The fourth-order valence-electron chi connectivity index (χ4n) is 3.23. The van der Waals surface area contributed by atoms with Crippen molar-refractivity contribution < 1.29 is 0 Å². The van der Waals surface area contributed by atoms with Gasteiger partial charge in [-0.3, -0.25) is 14.6 Å². The van der Waals surface area contributed by atoms with Crippen LogP contribution in [0.4, 0.5) is 0 Å². The van der Waals surface area contributed by atoms with E-state index in [0.717, 1.165) is 30.9 Å². The Morgan fingerprint density at radius 2 is 1.68 bits per heavy atom. The fraction of sp³-hybridized carbons (Fsp3) is 0.333. The summed E-state index contributed by atoms with van der Waals surface area (Å²) in [6, 6.07) is 15.9. The summed E-state index contributed by atoms with van der Waals surface area (Å²) in [4.78, 5) is 6.65. The number of aromatic nitrogens is 3. The highest BCUT2D eigenvalue weighted by Crippen LogP contribution is 2.30. The lowest BCUT2D eigenvalue weighted by molar-refractivity contribution is 0.189. The van der Waals surface area contributed by atoms with Gasteiger partial charge in [0.1, 0.15) is 0 Å². The van der Waals surface area contributed by atoms with Gasteiger partial charge in [0.2, 0.25) is 0 Å². The van der Waals surface area contributed by atoms with E-state index in [1.165, 1.54) is 24.0 Å². The van der Waals surface area contributed by atoms with Crippen LogP contribution in [0.5, 0.6) is 0 Å². The first-order valence-electron chi connectivity index (χ1n) is 9.07. The minimum atomic E-state index is 0.681. The largest absolute Gasteiger partial charge is 0.277 e. The molecule has 3 aromatic rings. The molecule has 4 nitrogen and oxygen atoms in total. The van der Waals surface area contributed by atoms with E-state index >= 15 is 0 Å². The molecule has 0 amide bonds. The molecule has 128 valence electrons. The number of rotatable bonds is 7. The Hall–Kier alpha value is -2.46. The normalized spacial score (nSPS) is 14.2. The zero-order chi connectivity index (χ0) is 17.1. The third kappa shape index (κ3) is 3.80. The molecule has 0 radical (unpaired) electrons. The van der Waals surface area contributed by atoms with Crippen molar-refractivity contribution in [2.24, 2.45) is 0 Å². The Balaban J connectivity index is 1.52. The third-order valence-corrected chi connectivity index (χ3v) is 4.89. The van der Waals surface area contributed by atoms with E-state index in [2.05, 4.69) is 56.9 Å². The minimum absolute atomic E-state index is 0.681. The van der Waals surface area contributed by atoms with Crippen molar-refractivity contribution in [2.75, 3.05) is 0 Å². The van der Waals surface area contributed by atoms with Gasteiger partial charge in [-0.2, -0.15) is 5.10 Å². The van der Waals surface area contributed by atoms with Crippen molar-refractivity contribution in [3.8, 4) is 11.3 Å². The van der Waals surface area contributed by atoms with Crippen molar-refractivity contribution in [3.63, 3.8) is 0 Å². The molecule has 4 heteroatoms. The fourth-order valence-corrected chi connectivity index (χ4v) is 3.23. The molecule has 0 aliphatic heterocycles. The second-order valence-electron chi connectivity index (χ2n) is 6.74. The lowest BCUT2D eigenvalue weighted by Crippen LogP contribution is -2.29. The summed E-state index contributed by atoms with van der Waals surface area (Å²) in [5, 5.41) is 4.57. The first kappa shape index (κ1) is 16.0. The maximum Gasteiger partial charge on any atom is 0.0941 e. The van der Waals surface area contributed by atoms with Crippen LogP contribution in [0.3, 0.4) is 0 Å². The van der Waals surface area contributed by atoms with E-state index in [0.29, 0.717) is 6.04 Å². The molecule has 4 rings (SSSR count). The molecule has 0 spiro atoms. The average Bonchev–Trinajstić information content (AvgIpc) is 3.41. The molecule has 25 heavy (non-hydrogen) atoms. The molecule has 0 unspecified atom stereocenters. The van der Waals surface area contributed by atoms with Crippen LogP contribution in [0.2, 0.25) is 0 Å². The van der Waals surface area contributed by atoms with Gasteiger partial charge in [-0.15, -0.1) is 0 Å². The van der Waals surface area contributed by atoms with E-state index in [9.17, 15) is 0 Å². The van der Waals surface area contributed by atoms with Crippen LogP contribution in [-0.4, -0.2) is 25.7 Å². The summed E-state index contributed by atoms with van der Waals surface area (Å²) in [5.41, 5.74) is 5.08. The van der Waals surface area contributed by atoms with Crippen LogP contribution in [0.25, 0.3) is 11.3 Å². The molecule has 1 aliphatic carbocycles. The Labute approximate surface area is 149 Å². The van der Waals surface area contributed by atoms with E-state index < -0.39 is 0 Å². The van der Waals surface area contributed by atoms with Crippen LogP contribution < -0.4 is 0 Å². The molecule has 1 aliphatic rings. The molecule has 1 fully saturated rings. The Kier molecular flexibility index (Phi) is 4.61. The van der Waals surface area contributed by atoms with Crippen LogP contribution in [0, 0.1) is 0 Å². The SMILES string of the molecule is CCc1ccc(CN(Cn2nccc2-c2ccncc2)C2CC2)cc1. The molecule has 0 N–H and O–H groups in total. The maximum absolute atomic E-state index is 4.57. The van der Waals surface area contributed by atoms with Gasteiger partial charge in [0, 0.05) is 36.7 Å². The Morgan fingerprint density at radius 3 is 2.36 bits per heavy atom. The van der Waals surface area contributed by atoms with Crippen molar-refractivity contribution in [2.45, 2.75) is 45.4 Å². The molecule has 2 heterocycles. The summed E-state index contributed by atoms with van der Waals surface area (Å²) in [6.07, 6.45) is 9.23. The Bertz CT molecular complexity index is 803. The highest BCUT2D eigenvalue weighted by atomic mass is 15.4. The van der Waals surface area contributed by atoms with Crippen LogP contribution in [-0.2, 0) is 19.6 Å². The second kappa shape index (κ2) is 7.19. The van der Waals surface area contributed by atoms with Crippen molar-refractivity contribution in [1.82, 2.24) is 19.7 Å². The van der Waals surface area contributed by atoms with Gasteiger partial charge in [-0.1, -0.05) is 31.2 Å². The summed E-state index contributed by atoms with van der Waals surface area (Å²) in [6.45, 7) is 4.00. The number of benzene rings is 1. The maximum atomic E-state index is 4.57. The van der Waals surface area contributed by atoms with Gasteiger partial charge >= 0.3 is 0 Å². The highest BCUT2D eigenvalue weighted by Gasteiger charge is 2.29. The third-order valence-electron chi connectivity index (χ3n) is 4.89. The quantitative estimate of drug-likeness (QED) is 0.652. The zero-order valence-electron chi connectivity index (χ0n) is 14.7. The predicted octanol–water partition coefficient (Wildman–Crippen LogP) is 4.13. The van der Waals surface area contributed by atoms with Crippen molar-refractivity contribution >= 4 is 0 Å². The van der Waals surface area contributed by atoms with E-state index in [-0.39, 0.29) is 0 Å². The first-order valence-corrected chi connectivity index (χ1v) is 9.07. The van der Waals surface area contributed by atoms with Gasteiger partial charge in [0.05, 0.1) is 12.4 Å². The number of aryl methyl sites for hydroxylation is 1. The van der Waals surface area contributed by atoms with Gasteiger partial charge in [-0.05, 0) is 48.6 Å². The highest BCUT2D eigenvalue weighted by molar-refractivity contribution is 5.58. The number of hydrogen-bond donors (Lipinski definition) is 0. The monoisotopic (exact) mass is 332 g/mol. The Morgan fingerprint density at radius 1 is 0.960 bits per heavy atom.